The van der Waals surface area contributed by atoms with Gasteiger partial charge >= 0.3 is 0 Å². The van der Waals surface area contributed by atoms with E-state index in [0.29, 0.717) is 11.3 Å². The van der Waals surface area contributed by atoms with E-state index in [1.165, 1.54) is 15.6 Å². The summed E-state index contributed by atoms with van der Waals surface area (Å²) in [6.07, 6.45) is 3.20. The van der Waals surface area contributed by atoms with E-state index in [-0.39, 0.29) is 0 Å². The van der Waals surface area contributed by atoms with Gasteiger partial charge in [-0.25, -0.2) is 4.98 Å². The third-order valence-electron chi connectivity index (χ3n) is 2.69. The zero-order chi connectivity index (χ0) is 12.1. The number of thioether (sulfide) groups is 1. The molecule has 1 rings (SSSR count). The Morgan fingerprint density at radius 2 is 2.12 bits per heavy atom. The number of aryl methyl sites for hydroxylation is 2. The van der Waals surface area contributed by atoms with Crippen molar-refractivity contribution in [1.29, 1.82) is 0 Å². The highest BCUT2D eigenvalue weighted by Gasteiger charge is 2.13. The molecule has 0 radical (unpaired) electrons. The van der Waals surface area contributed by atoms with Crippen LogP contribution in [0.25, 0.3) is 0 Å². The Morgan fingerprint density at radius 1 is 1.44 bits per heavy atom. The molecular weight excluding hydrogens is 236 g/mol. The normalized spacial score (nSPS) is 15.1. The summed E-state index contributed by atoms with van der Waals surface area (Å²) in [6.45, 7) is 9.81. The van der Waals surface area contributed by atoms with Gasteiger partial charge in [-0.1, -0.05) is 13.8 Å². The first-order valence-electron chi connectivity index (χ1n) is 5.80. The maximum atomic E-state index is 4.57. The van der Waals surface area contributed by atoms with Gasteiger partial charge in [0.15, 0.2) is 0 Å². The SMILES string of the molecule is CCc1nc(C)c(C(C)NCC(C)SC)s1. The lowest BCUT2D eigenvalue weighted by Gasteiger charge is -2.15. The smallest absolute Gasteiger partial charge is 0.0928 e. The zero-order valence-corrected chi connectivity index (χ0v) is 12.5. The van der Waals surface area contributed by atoms with Crippen LogP contribution in [0.15, 0.2) is 0 Å². The second-order valence-corrected chi connectivity index (χ2v) is 6.48. The molecule has 2 unspecified atom stereocenters. The van der Waals surface area contributed by atoms with Crippen molar-refractivity contribution >= 4 is 23.1 Å². The number of hydrogen-bond donors (Lipinski definition) is 1. The van der Waals surface area contributed by atoms with E-state index in [9.17, 15) is 0 Å². The second kappa shape index (κ2) is 6.62. The Balaban J connectivity index is 2.58. The average Bonchev–Trinajstić information content (AvgIpc) is 2.67. The van der Waals surface area contributed by atoms with Gasteiger partial charge in [0.2, 0.25) is 0 Å². The molecule has 0 fully saturated rings. The van der Waals surface area contributed by atoms with Crippen LogP contribution < -0.4 is 5.32 Å². The fraction of sp³-hybridized carbons (Fsp3) is 0.750. The van der Waals surface area contributed by atoms with E-state index in [2.05, 4.69) is 44.3 Å². The van der Waals surface area contributed by atoms with Crippen LogP contribution >= 0.6 is 23.1 Å². The van der Waals surface area contributed by atoms with Gasteiger partial charge in [0.1, 0.15) is 0 Å². The lowest BCUT2D eigenvalue weighted by atomic mass is 10.2. The molecule has 0 saturated carbocycles. The molecule has 0 saturated heterocycles. The predicted octanol–water partition coefficient (Wildman–Crippen LogP) is 3.42. The minimum Gasteiger partial charge on any atom is -0.308 e. The van der Waals surface area contributed by atoms with Crippen molar-refractivity contribution in [3.8, 4) is 0 Å². The highest BCUT2D eigenvalue weighted by molar-refractivity contribution is 7.99. The van der Waals surface area contributed by atoms with Crippen LogP contribution in [0, 0.1) is 6.92 Å². The summed E-state index contributed by atoms with van der Waals surface area (Å²) in [5.41, 5.74) is 1.19. The lowest BCUT2D eigenvalue weighted by Crippen LogP contribution is -2.25. The summed E-state index contributed by atoms with van der Waals surface area (Å²) in [7, 11) is 0. The number of rotatable bonds is 6. The van der Waals surface area contributed by atoms with Crippen LogP contribution in [0.1, 0.15) is 42.4 Å². The highest BCUT2D eigenvalue weighted by Crippen LogP contribution is 2.25. The Hall–Kier alpha value is -0.0600. The van der Waals surface area contributed by atoms with E-state index < -0.39 is 0 Å². The fourth-order valence-corrected chi connectivity index (χ4v) is 2.83. The molecule has 0 spiro atoms. The Kier molecular flexibility index (Phi) is 5.79. The molecule has 0 amide bonds. The largest absolute Gasteiger partial charge is 0.308 e. The van der Waals surface area contributed by atoms with Gasteiger partial charge in [-0.15, -0.1) is 11.3 Å². The third-order valence-corrected chi connectivity index (χ3v) is 5.14. The molecule has 0 aromatic carbocycles. The summed E-state index contributed by atoms with van der Waals surface area (Å²) in [6, 6.07) is 0.424. The summed E-state index contributed by atoms with van der Waals surface area (Å²) >= 11 is 3.75. The predicted molar refractivity (Wildman–Crippen MR) is 75.6 cm³/mol. The molecule has 16 heavy (non-hydrogen) atoms. The maximum Gasteiger partial charge on any atom is 0.0928 e. The van der Waals surface area contributed by atoms with Gasteiger partial charge in [-0.2, -0.15) is 11.8 Å². The molecule has 4 heteroatoms. The molecule has 0 aliphatic rings. The molecule has 1 aromatic rings. The van der Waals surface area contributed by atoms with E-state index >= 15 is 0 Å². The first-order chi connectivity index (χ1) is 7.58. The Bertz CT molecular complexity index is 323. The molecular formula is C12H22N2S2. The first-order valence-corrected chi connectivity index (χ1v) is 7.91. The molecule has 0 aliphatic heterocycles. The molecule has 0 bridgehead atoms. The number of nitrogens with one attached hydrogen (secondary N) is 1. The zero-order valence-electron chi connectivity index (χ0n) is 10.8. The van der Waals surface area contributed by atoms with E-state index in [1.54, 1.807) is 0 Å². The summed E-state index contributed by atoms with van der Waals surface area (Å²) in [4.78, 5) is 5.96. The molecule has 2 atom stereocenters. The monoisotopic (exact) mass is 258 g/mol. The second-order valence-electron chi connectivity index (χ2n) is 4.09. The van der Waals surface area contributed by atoms with Crippen LogP contribution in [0.5, 0.6) is 0 Å². The van der Waals surface area contributed by atoms with Crippen LogP contribution in [0.4, 0.5) is 0 Å². The fourth-order valence-electron chi connectivity index (χ4n) is 1.54. The highest BCUT2D eigenvalue weighted by atomic mass is 32.2. The van der Waals surface area contributed by atoms with Gasteiger partial charge in [-0.3, -0.25) is 0 Å². The summed E-state index contributed by atoms with van der Waals surface area (Å²) in [5, 5.41) is 5.49. The standard InChI is InChI=1S/C12H22N2S2/c1-6-11-14-10(4)12(16-11)9(3)13-7-8(2)15-5/h8-9,13H,6-7H2,1-5H3. The van der Waals surface area contributed by atoms with Gasteiger partial charge in [0.25, 0.3) is 0 Å². The van der Waals surface area contributed by atoms with Crippen molar-refractivity contribution in [2.75, 3.05) is 12.8 Å². The van der Waals surface area contributed by atoms with Gasteiger partial charge in [-0.05, 0) is 26.5 Å². The lowest BCUT2D eigenvalue weighted by molar-refractivity contribution is 0.580. The van der Waals surface area contributed by atoms with Crippen molar-refractivity contribution in [2.24, 2.45) is 0 Å². The molecule has 1 heterocycles. The van der Waals surface area contributed by atoms with Crippen molar-refractivity contribution in [3.05, 3.63) is 15.6 Å². The maximum absolute atomic E-state index is 4.57. The number of hydrogen-bond acceptors (Lipinski definition) is 4. The number of thiazole rings is 1. The van der Waals surface area contributed by atoms with Gasteiger partial charge in [0, 0.05) is 22.7 Å². The molecule has 92 valence electrons. The van der Waals surface area contributed by atoms with E-state index in [0.717, 1.165) is 13.0 Å². The minimum atomic E-state index is 0.424. The minimum absolute atomic E-state index is 0.424. The van der Waals surface area contributed by atoms with Crippen molar-refractivity contribution in [2.45, 2.75) is 45.4 Å². The summed E-state index contributed by atoms with van der Waals surface area (Å²) < 4.78 is 0. The third kappa shape index (κ3) is 3.75. The van der Waals surface area contributed by atoms with Crippen LogP contribution in [-0.4, -0.2) is 23.0 Å². The van der Waals surface area contributed by atoms with E-state index in [4.69, 9.17) is 0 Å². The van der Waals surface area contributed by atoms with Crippen LogP contribution in [-0.2, 0) is 6.42 Å². The molecule has 1 N–H and O–H groups in total. The first kappa shape index (κ1) is 14.0. The van der Waals surface area contributed by atoms with E-state index in [1.807, 2.05) is 23.1 Å². The quantitative estimate of drug-likeness (QED) is 0.846. The number of nitrogens with zero attached hydrogens (tertiary/aromatic N) is 1. The Labute approximate surface area is 107 Å². The molecule has 0 aliphatic carbocycles. The molecule has 2 nitrogen and oxygen atoms in total. The topological polar surface area (TPSA) is 24.9 Å². The summed E-state index contributed by atoms with van der Waals surface area (Å²) in [5.74, 6) is 0. The molecule has 1 aromatic heterocycles. The Morgan fingerprint density at radius 3 is 2.62 bits per heavy atom. The van der Waals surface area contributed by atoms with Gasteiger partial charge in [0.05, 0.1) is 10.7 Å². The van der Waals surface area contributed by atoms with Crippen LogP contribution in [0.2, 0.25) is 0 Å². The van der Waals surface area contributed by atoms with Gasteiger partial charge < -0.3 is 5.32 Å². The van der Waals surface area contributed by atoms with Crippen molar-refractivity contribution < 1.29 is 0 Å². The van der Waals surface area contributed by atoms with Crippen molar-refractivity contribution in [3.63, 3.8) is 0 Å². The number of aromatic nitrogens is 1. The average molecular weight is 258 g/mol. The van der Waals surface area contributed by atoms with Crippen LogP contribution in [0.3, 0.4) is 0 Å². The van der Waals surface area contributed by atoms with Crippen molar-refractivity contribution in [1.82, 2.24) is 10.3 Å².